The maximum Gasteiger partial charge on any atom is 0.275 e. The predicted molar refractivity (Wildman–Crippen MR) is 61.2 cm³/mol. The Balaban J connectivity index is 2.15. The summed E-state index contributed by atoms with van der Waals surface area (Å²) in [7, 11) is 0. The topological polar surface area (TPSA) is 42.0 Å². The first-order chi connectivity index (χ1) is 7.27. The molecule has 76 valence electrons. The Morgan fingerprint density at radius 1 is 1.33 bits per heavy atom. The van der Waals surface area contributed by atoms with Gasteiger partial charge in [-0.1, -0.05) is 18.2 Å². The number of hydrogen-bond donors (Lipinski definition) is 1. The first-order valence-corrected chi connectivity index (χ1v) is 5.42. The molecule has 1 aromatic carbocycles. The van der Waals surface area contributed by atoms with Crippen molar-refractivity contribution in [2.24, 2.45) is 0 Å². The number of thiazole rings is 1. The first-order valence-electron chi connectivity index (χ1n) is 4.54. The van der Waals surface area contributed by atoms with Crippen LogP contribution < -0.4 is 5.32 Å². The summed E-state index contributed by atoms with van der Waals surface area (Å²) in [6.45, 7) is 1.89. The van der Waals surface area contributed by atoms with Crippen molar-refractivity contribution >= 4 is 22.9 Å². The van der Waals surface area contributed by atoms with Gasteiger partial charge in [-0.15, -0.1) is 11.3 Å². The zero-order chi connectivity index (χ0) is 10.7. The van der Waals surface area contributed by atoms with Gasteiger partial charge in [-0.2, -0.15) is 0 Å². The molecule has 15 heavy (non-hydrogen) atoms. The maximum absolute atomic E-state index is 11.7. The van der Waals surface area contributed by atoms with Crippen molar-refractivity contribution in [3.05, 3.63) is 46.4 Å². The zero-order valence-electron chi connectivity index (χ0n) is 8.23. The van der Waals surface area contributed by atoms with E-state index in [1.807, 2.05) is 37.3 Å². The molecule has 0 atom stereocenters. The first kappa shape index (κ1) is 9.86. The van der Waals surface area contributed by atoms with Gasteiger partial charge < -0.3 is 5.32 Å². The van der Waals surface area contributed by atoms with Crippen LogP contribution in [-0.4, -0.2) is 10.9 Å². The molecule has 0 unspecified atom stereocenters. The standard InChI is InChI=1S/C11H10N2OS/c1-8-10(12-7-15-8)11(14)13-9-5-3-2-4-6-9/h2-7H,1H3,(H,13,14). The van der Waals surface area contributed by atoms with E-state index < -0.39 is 0 Å². The minimum absolute atomic E-state index is 0.153. The van der Waals surface area contributed by atoms with E-state index in [0.717, 1.165) is 10.6 Å². The van der Waals surface area contributed by atoms with Crippen LogP contribution in [0.2, 0.25) is 0 Å². The van der Waals surface area contributed by atoms with Gasteiger partial charge in [0.25, 0.3) is 5.91 Å². The van der Waals surface area contributed by atoms with Crippen LogP contribution in [0.25, 0.3) is 0 Å². The normalized spacial score (nSPS) is 9.93. The number of carbonyl (C=O) groups excluding carboxylic acids is 1. The molecule has 1 heterocycles. The molecule has 0 bridgehead atoms. The molecule has 4 heteroatoms. The lowest BCUT2D eigenvalue weighted by Gasteiger charge is -2.02. The summed E-state index contributed by atoms with van der Waals surface area (Å²) in [5.41, 5.74) is 2.97. The molecule has 0 aliphatic carbocycles. The number of aryl methyl sites for hydroxylation is 1. The van der Waals surface area contributed by atoms with Crippen LogP contribution in [0.15, 0.2) is 35.8 Å². The Morgan fingerprint density at radius 3 is 2.67 bits per heavy atom. The number of carbonyl (C=O) groups is 1. The third kappa shape index (κ3) is 2.22. The van der Waals surface area contributed by atoms with E-state index >= 15 is 0 Å². The Morgan fingerprint density at radius 2 is 2.07 bits per heavy atom. The lowest BCUT2D eigenvalue weighted by Crippen LogP contribution is -2.13. The highest BCUT2D eigenvalue weighted by Crippen LogP contribution is 2.13. The summed E-state index contributed by atoms with van der Waals surface area (Å²) in [5, 5.41) is 2.79. The van der Waals surface area contributed by atoms with Gasteiger partial charge in [0.2, 0.25) is 0 Å². The van der Waals surface area contributed by atoms with Crippen LogP contribution in [0, 0.1) is 6.92 Å². The minimum atomic E-state index is -0.153. The van der Waals surface area contributed by atoms with Gasteiger partial charge in [0.15, 0.2) is 0 Å². The second-order valence-corrected chi connectivity index (χ2v) is 4.14. The molecule has 0 saturated heterocycles. The Hall–Kier alpha value is -1.68. The number of aromatic nitrogens is 1. The molecular weight excluding hydrogens is 208 g/mol. The van der Waals surface area contributed by atoms with Crippen molar-refractivity contribution in [3.63, 3.8) is 0 Å². The Labute approximate surface area is 91.8 Å². The molecule has 1 amide bonds. The molecule has 0 radical (unpaired) electrons. The van der Waals surface area contributed by atoms with Crippen molar-refractivity contribution in [2.75, 3.05) is 5.32 Å². The van der Waals surface area contributed by atoms with Crippen molar-refractivity contribution < 1.29 is 4.79 Å². The van der Waals surface area contributed by atoms with E-state index in [0.29, 0.717) is 5.69 Å². The Kier molecular flexibility index (Phi) is 2.78. The van der Waals surface area contributed by atoms with Crippen LogP contribution >= 0.6 is 11.3 Å². The third-order valence-electron chi connectivity index (χ3n) is 1.99. The van der Waals surface area contributed by atoms with Gasteiger partial charge in [0.1, 0.15) is 5.69 Å². The van der Waals surface area contributed by atoms with Crippen molar-refractivity contribution in [3.8, 4) is 0 Å². The maximum atomic E-state index is 11.7. The minimum Gasteiger partial charge on any atom is -0.321 e. The van der Waals surface area contributed by atoms with Gasteiger partial charge in [-0.05, 0) is 19.1 Å². The SMILES string of the molecule is Cc1scnc1C(=O)Nc1ccccc1. The van der Waals surface area contributed by atoms with Gasteiger partial charge in [0.05, 0.1) is 5.51 Å². The summed E-state index contributed by atoms with van der Waals surface area (Å²) >= 11 is 1.47. The van der Waals surface area contributed by atoms with Crippen LogP contribution in [0.1, 0.15) is 15.4 Å². The van der Waals surface area contributed by atoms with Gasteiger partial charge in [0, 0.05) is 10.6 Å². The quantitative estimate of drug-likeness (QED) is 0.842. The number of rotatable bonds is 2. The molecule has 3 nitrogen and oxygen atoms in total. The molecule has 2 aromatic rings. The summed E-state index contributed by atoms with van der Waals surface area (Å²) < 4.78 is 0. The van der Waals surface area contributed by atoms with Crippen LogP contribution in [0.5, 0.6) is 0 Å². The molecule has 0 spiro atoms. The van der Waals surface area contributed by atoms with E-state index in [9.17, 15) is 4.79 Å². The molecule has 1 aromatic heterocycles. The molecule has 0 saturated carbocycles. The summed E-state index contributed by atoms with van der Waals surface area (Å²) in [4.78, 5) is 16.7. The monoisotopic (exact) mass is 218 g/mol. The molecular formula is C11H10N2OS. The summed E-state index contributed by atoms with van der Waals surface area (Å²) in [5.74, 6) is -0.153. The highest BCUT2D eigenvalue weighted by atomic mass is 32.1. The van der Waals surface area contributed by atoms with Crippen molar-refractivity contribution in [2.45, 2.75) is 6.92 Å². The van der Waals surface area contributed by atoms with Gasteiger partial charge in [-0.25, -0.2) is 4.98 Å². The van der Waals surface area contributed by atoms with Crippen LogP contribution in [0.4, 0.5) is 5.69 Å². The number of amides is 1. The molecule has 0 aliphatic heterocycles. The lowest BCUT2D eigenvalue weighted by atomic mass is 10.3. The lowest BCUT2D eigenvalue weighted by molar-refractivity contribution is 0.102. The number of nitrogens with zero attached hydrogens (tertiary/aromatic N) is 1. The van der Waals surface area contributed by atoms with E-state index in [2.05, 4.69) is 10.3 Å². The van der Waals surface area contributed by atoms with Crippen molar-refractivity contribution in [1.82, 2.24) is 4.98 Å². The number of nitrogens with one attached hydrogen (secondary N) is 1. The molecule has 2 rings (SSSR count). The van der Waals surface area contributed by atoms with E-state index in [1.54, 1.807) is 5.51 Å². The smallest absolute Gasteiger partial charge is 0.275 e. The summed E-state index contributed by atoms with van der Waals surface area (Å²) in [6.07, 6.45) is 0. The predicted octanol–water partition coefficient (Wildman–Crippen LogP) is 2.70. The van der Waals surface area contributed by atoms with Crippen LogP contribution in [-0.2, 0) is 0 Å². The molecule has 1 N–H and O–H groups in total. The Bertz CT molecular complexity index is 464. The van der Waals surface area contributed by atoms with E-state index in [-0.39, 0.29) is 5.91 Å². The third-order valence-corrected chi connectivity index (χ3v) is 2.75. The van der Waals surface area contributed by atoms with E-state index in [1.165, 1.54) is 11.3 Å². The van der Waals surface area contributed by atoms with E-state index in [4.69, 9.17) is 0 Å². The van der Waals surface area contributed by atoms with Gasteiger partial charge >= 0.3 is 0 Å². The molecule has 0 fully saturated rings. The number of para-hydroxylation sites is 1. The fraction of sp³-hybridized carbons (Fsp3) is 0.0909. The average Bonchev–Trinajstić information content (AvgIpc) is 2.66. The summed E-state index contributed by atoms with van der Waals surface area (Å²) in [6, 6.07) is 9.36. The fourth-order valence-electron chi connectivity index (χ4n) is 1.24. The highest BCUT2D eigenvalue weighted by Gasteiger charge is 2.11. The van der Waals surface area contributed by atoms with Gasteiger partial charge in [-0.3, -0.25) is 4.79 Å². The second-order valence-electron chi connectivity index (χ2n) is 3.08. The fourth-order valence-corrected chi connectivity index (χ4v) is 1.81. The second kappa shape index (κ2) is 4.23. The number of anilines is 1. The average molecular weight is 218 g/mol. The van der Waals surface area contributed by atoms with Crippen LogP contribution in [0.3, 0.4) is 0 Å². The number of hydrogen-bond acceptors (Lipinski definition) is 3. The number of benzene rings is 1. The molecule has 0 aliphatic rings. The zero-order valence-corrected chi connectivity index (χ0v) is 9.04. The largest absolute Gasteiger partial charge is 0.321 e. The van der Waals surface area contributed by atoms with Crippen molar-refractivity contribution in [1.29, 1.82) is 0 Å². The highest BCUT2D eigenvalue weighted by molar-refractivity contribution is 7.09.